The molecule has 0 aromatic carbocycles. The molecule has 12 heavy (non-hydrogen) atoms. The highest BCUT2D eigenvalue weighted by molar-refractivity contribution is 5.88. The Morgan fingerprint density at radius 1 is 1.50 bits per heavy atom. The summed E-state index contributed by atoms with van der Waals surface area (Å²) in [5.41, 5.74) is 5.15. The Hall–Kier alpha value is -1.36. The van der Waals surface area contributed by atoms with Gasteiger partial charge in [0.2, 0.25) is 0 Å². The number of hydrogen-bond acceptors (Lipinski definition) is 3. The van der Waals surface area contributed by atoms with Crippen LogP contribution in [0.5, 0.6) is 0 Å². The summed E-state index contributed by atoms with van der Waals surface area (Å²) in [5.74, 6) is -2.33. The van der Waals surface area contributed by atoms with Gasteiger partial charge in [-0.2, -0.15) is 0 Å². The van der Waals surface area contributed by atoms with Crippen molar-refractivity contribution < 1.29 is 19.8 Å². The molecule has 5 heteroatoms. The van der Waals surface area contributed by atoms with Crippen LogP contribution in [0.15, 0.2) is 11.6 Å². The highest BCUT2D eigenvalue weighted by Crippen LogP contribution is 2.04. The lowest BCUT2D eigenvalue weighted by Crippen LogP contribution is -2.31. The van der Waals surface area contributed by atoms with Crippen molar-refractivity contribution in [3.05, 3.63) is 11.6 Å². The summed E-state index contributed by atoms with van der Waals surface area (Å²) in [5, 5.41) is 16.9. The largest absolute Gasteiger partial charge is 0.480 e. The van der Waals surface area contributed by atoms with Crippen molar-refractivity contribution in [2.24, 2.45) is 5.73 Å². The fourth-order valence-electron chi connectivity index (χ4n) is 0.653. The van der Waals surface area contributed by atoms with Crippen LogP contribution in [0.4, 0.5) is 0 Å². The van der Waals surface area contributed by atoms with Gasteiger partial charge in [-0.1, -0.05) is 6.08 Å². The van der Waals surface area contributed by atoms with Crippen LogP contribution < -0.4 is 5.73 Å². The van der Waals surface area contributed by atoms with Crippen LogP contribution in [0.25, 0.3) is 0 Å². The Balaban J connectivity index is 4.23. The van der Waals surface area contributed by atoms with E-state index in [9.17, 15) is 9.59 Å². The summed E-state index contributed by atoms with van der Waals surface area (Å²) in [6.45, 7) is 1.53. The molecule has 68 valence electrons. The first-order chi connectivity index (χ1) is 5.49. The van der Waals surface area contributed by atoms with Crippen molar-refractivity contribution in [3.63, 3.8) is 0 Å². The van der Waals surface area contributed by atoms with Crippen LogP contribution in [-0.2, 0) is 9.59 Å². The highest BCUT2D eigenvalue weighted by Gasteiger charge is 2.16. The lowest BCUT2D eigenvalue weighted by Gasteiger charge is -2.05. The second-order valence-corrected chi connectivity index (χ2v) is 2.27. The third-order valence-electron chi connectivity index (χ3n) is 1.38. The first-order valence-electron chi connectivity index (χ1n) is 3.36. The van der Waals surface area contributed by atoms with E-state index in [1.807, 2.05) is 0 Å². The van der Waals surface area contributed by atoms with E-state index in [4.69, 9.17) is 15.9 Å². The van der Waals surface area contributed by atoms with Crippen LogP contribution in [0.1, 0.15) is 13.3 Å². The van der Waals surface area contributed by atoms with E-state index in [-0.39, 0.29) is 12.0 Å². The average molecular weight is 173 g/mol. The van der Waals surface area contributed by atoms with E-state index < -0.39 is 18.0 Å². The first kappa shape index (κ1) is 10.6. The van der Waals surface area contributed by atoms with Gasteiger partial charge in [-0.3, -0.25) is 4.79 Å². The molecule has 0 unspecified atom stereocenters. The second-order valence-electron chi connectivity index (χ2n) is 2.27. The van der Waals surface area contributed by atoms with Crippen LogP contribution in [0.3, 0.4) is 0 Å². The van der Waals surface area contributed by atoms with Gasteiger partial charge in [0.1, 0.15) is 6.04 Å². The summed E-state index contributed by atoms with van der Waals surface area (Å²) in [6.07, 6.45) is 1.19. The third kappa shape index (κ3) is 3.16. The molecule has 1 atom stereocenters. The van der Waals surface area contributed by atoms with Gasteiger partial charge in [0.15, 0.2) is 0 Å². The standard InChI is InChI=1S/C7H11NO4/c1-2-4(6(9)10)3-5(8)7(11)12/h2,5H,3,8H2,1H3,(H,9,10)(H,11,12)/b4-2-/t5-/m0/s1. The van der Waals surface area contributed by atoms with Crippen LogP contribution in [0, 0.1) is 0 Å². The fraction of sp³-hybridized carbons (Fsp3) is 0.429. The zero-order valence-corrected chi connectivity index (χ0v) is 6.65. The molecule has 0 saturated heterocycles. The monoisotopic (exact) mass is 173 g/mol. The van der Waals surface area contributed by atoms with Crippen molar-refractivity contribution in [3.8, 4) is 0 Å². The SMILES string of the molecule is C/C=C(/C[C@H](N)C(=O)O)C(=O)O. The first-order valence-corrected chi connectivity index (χ1v) is 3.36. The minimum absolute atomic E-state index is 0.0184. The summed E-state index contributed by atoms with van der Waals surface area (Å²) in [4.78, 5) is 20.6. The maximum atomic E-state index is 10.4. The molecule has 0 spiro atoms. The fourth-order valence-corrected chi connectivity index (χ4v) is 0.653. The maximum Gasteiger partial charge on any atom is 0.331 e. The average Bonchev–Trinajstić information content (AvgIpc) is 1.98. The number of carbonyl (C=O) groups is 2. The minimum Gasteiger partial charge on any atom is -0.480 e. The Morgan fingerprint density at radius 2 is 2.00 bits per heavy atom. The number of allylic oxidation sites excluding steroid dienone is 1. The molecule has 5 nitrogen and oxygen atoms in total. The van der Waals surface area contributed by atoms with Crippen molar-refractivity contribution in [2.75, 3.05) is 0 Å². The molecule has 0 rings (SSSR count). The van der Waals surface area contributed by atoms with Crippen molar-refractivity contribution in [1.82, 2.24) is 0 Å². The van der Waals surface area contributed by atoms with Gasteiger partial charge >= 0.3 is 11.9 Å². The second kappa shape index (κ2) is 4.50. The van der Waals surface area contributed by atoms with Crippen molar-refractivity contribution >= 4 is 11.9 Å². The Bertz CT molecular complexity index is 221. The molecule has 0 aromatic heterocycles. The summed E-state index contributed by atoms with van der Waals surface area (Å²) in [7, 11) is 0. The summed E-state index contributed by atoms with van der Waals surface area (Å²) < 4.78 is 0. The summed E-state index contributed by atoms with van der Waals surface area (Å²) >= 11 is 0. The zero-order valence-electron chi connectivity index (χ0n) is 6.65. The Kier molecular flexibility index (Phi) is 3.99. The van der Waals surface area contributed by atoms with Gasteiger partial charge < -0.3 is 15.9 Å². The van der Waals surface area contributed by atoms with E-state index in [0.717, 1.165) is 0 Å². The molecule has 0 fully saturated rings. The van der Waals surface area contributed by atoms with E-state index >= 15 is 0 Å². The van der Waals surface area contributed by atoms with E-state index in [1.54, 1.807) is 0 Å². The minimum atomic E-state index is -1.20. The lowest BCUT2D eigenvalue weighted by molar-refractivity contribution is -0.138. The van der Waals surface area contributed by atoms with E-state index in [1.165, 1.54) is 13.0 Å². The van der Waals surface area contributed by atoms with Gasteiger partial charge in [-0.25, -0.2) is 4.79 Å². The van der Waals surface area contributed by atoms with Gasteiger partial charge in [-0.15, -0.1) is 0 Å². The molecule has 0 aliphatic carbocycles. The molecule has 4 N–H and O–H groups in total. The van der Waals surface area contributed by atoms with E-state index in [0.29, 0.717) is 0 Å². The zero-order chi connectivity index (χ0) is 9.72. The van der Waals surface area contributed by atoms with E-state index in [2.05, 4.69) is 0 Å². The number of nitrogens with two attached hydrogens (primary N) is 1. The van der Waals surface area contributed by atoms with Gasteiger partial charge in [0, 0.05) is 12.0 Å². The molecule has 0 aliphatic heterocycles. The topological polar surface area (TPSA) is 101 Å². The predicted octanol–water partition coefficient (Wildman–Crippen LogP) is -0.181. The maximum absolute atomic E-state index is 10.4. The number of carboxylic acid groups (broad SMARTS) is 2. The molecular weight excluding hydrogens is 162 g/mol. The van der Waals surface area contributed by atoms with Crippen LogP contribution in [-0.4, -0.2) is 28.2 Å². The van der Waals surface area contributed by atoms with Crippen LogP contribution >= 0.6 is 0 Å². The molecular formula is C7H11NO4. The quantitative estimate of drug-likeness (QED) is 0.512. The molecule has 0 heterocycles. The molecule has 0 bridgehead atoms. The normalized spacial score (nSPS) is 14.0. The number of rotatable bonds is 4. The van der Waals surface area contributed by atoms with Crippen molar-refractivity contribution in [1.29, 1.82) is 0 Å². The molecule has 0 aliphatic rings. The molecule has 0 aromatic rings. The lowest BCUT2D eigenvalue weighted by atomic mass is 10.1. The number of aliphatic carboxylic acids is 2. The smallest absolute Gasteiger partial charge is 0.331 e. The predicted molar refractivity (Wildman–Crippen MR) is 41.6 cm³/mol. The van der Waals surface area contributed by atoms with Gasteiger partial charge in [-0.05, 0) is 6.92 Å². The molecule has 0 saturated carbocycles. The Labute approximate surface area is 69.5 Å². The third-order valence-corrected chi connectivity index (χ3v) is 1.38. The van der Waals surface area contributed by atoms with Crippen LogP contribution in [0.2, 0.25) is 0 Å². The molecule has 0 amide bonds. The van der Waals surface area contributed by atoms with Gasteiger partial charge in [0.05, 0.1) is 0 Å². The highest BCUT2D eigenvalue weighted by atomic mass is 16.4. The van der Waals surface area contributed by atoms with Crippen molar-refractivity contribution in [2.45, 2.75) is 19.4 Å². The number of carboxylic acids is 2. The number of hydrogen-bond donors (Lipinski definition) is 3. The molecule has 0 radical (unpaired) electrons. The summed E-state index contributed by atoms with van der Waals surface area (Å²) in [6, 6.07) is -1.15. The van der Waals surface area contributed by atoms with Gasteiger partial charge in [0.25, 0.3) is 0 Å². The Morgan fingerprint density at radius 3 is 2.25 bits per heavy atom.